The quantitative estimate of drug-likeness (QED) is 0.848. The second-order valence-electron chi connectivity index (χ2n) is 6.09. The van der Waals surface area contributed by atoms with Crippen LogP contribution >= 0.6 is 12.4 Å². The van der Waals surface area contributed by atoms with Gasteiger partial charge in [0.25, 0.3) is 0 Å². The van der Waals surface area contributed by atoms with Crippen LogP contribution in [0, 0.1) is 11.8 Å². The minimum Gasteiger partial charge on any atom is -0.340 e. The van der Waals surface area contributed by atoms with Gasteiger partial charge in [-0.05, 0) is 18.3 Å². The maximum atomic E-state index is 12.1. The number of amides is 1. The molecule has 2 rings (SSSR count). The van der Waals surface area contributed by atoms with Crippen molar-refractivity contribution in [2.24, 2.45) is 11.8 Å². The monoisotopic (exact) mass is 289 g/mol. The summed E-state index contributed by atoms with van der Waals surface area (Å²) in [5.74, 6) is 1.90. The molecule has 2 fully saturated rings. The lowest BCUT2D eigenvalue weighted by atomic mass is 9.92. The van der Waals surface area contributed by atoms with Crippen LogP contribution < -0.4 is 5.32 Å². The van der Waals surface area contributed by atoms with Gasteiger partial charge in [0.15, 0.2) is 0 Å². The summed E-state index contributed by atoms with van der Waals surface area (Å²) >= 11 is 0. The molecular weight excluding hydrogens is 262 g/mol. The third-order valence-electron chi connectivity index (χ3n) is 4.06. The van der Waals surface area contributed by atoms with Crippen LogP contribution in [0.15, 0.2) is 0 Å². The minimum absolute atomic E-state index is 0. The van der Waals surface area contributed by atoms with E-state index in [0.717, 1.165) is 44.6 Å². The van der Waals surface area contributed by atoms with Crippen molar-refractivity contribution in [3.8, 4) is 0 Å². The van der Waals surface area contributed by atoms with Crippen LogP contribution in [0.3, 0.4) is 0 Å². The van der Waals surface area contributed by atoms with E-state index >= 15 is 0 Å². The Morgan fingerprint density at radius 2 is 1.74 bits per heavy atom. The molecule has 2 aliphatic heterocycles. The zero-order chi connectivity index (χ0) is 13.0. The average Bonchev–Trinajstić information content (AvgIpc) is 2.36. The van der Waals surface area contributed by atoms with Crippen LogP contribution in [0.25, 0.3) is 0 Å². The number of likely N-dealkylation sites (tertiary alicyclic amines) is 1. The number of hydrogen-bond acceptors (Lipinski definition) is 3. The summed E-state index contributed by atoms with van der Waals surface area (Å²) in [6.45, 7) is 11.6. The zero-order valence-electron chi connectivity index (χ0n) is 12.2. The smallest absolute Gasteiger partial charge is 0.223 e. The normalized spacial score (nSPS) is 28.8. The molecule has 2 unspecified atom stereocenters. The van der Waals surface area contributed by atoms with Crippen molar-refractivity contribution in [2.45, 2.75) is 26.7 Å². The Labute approximate surface area is 123 Å². The Hall–Kier alpha value is -0.320. The molecule has 0 aromatic rings. The molecule has 0 aromatic heterocycles. The molecule has 2 heterocycles. The van der Waals surface area contributed by atoms with E-state index in [4.69, 9.17) is 0 Å². The van der Waals surface area contributed by atoms with Crippen LogP contribution in [0.5, 0.6) is 0 Å². The van der Waals surface area contributed by atoms with Crippen molar-refractivity contribution in [2.75, 3.05) is 45.8 Å². The van der Waals surface area contributed by atoms with E-state index in [1.54, 1.807) is 0 Å². The third-order valence-corrected chi connectivity index (χ3v) is 4.06. The molecular formula is C14H28ClN3O. The number of rotatable bonds is 3. The van der Waals surface area contributed by atoms with E-state index in [-0.39, 0.29) is 12.4 Å². The predicted molar refractivity (Wildman–Crippen MR) is 80.7 cm³/mol. The van der Waals surface area contributed by atoms with Crippen molar-refractivity contribution in [3.05, 3.63) is 0 Å². The van der Waals surface area contributed by atoms with Gasteiger partial charge in [0.2, 0.25) is 5.91 Å². The molecule has 19 heavy (non-hydrogen) atoms. The molecule has 2 saturated heterocycles. The molecule has 0 aliphatic carbocycles. The molecule has 2 atom stereocenters. The summed E-state index contributed by atoms with van der Waals surface area (Å²) < 4.78 is 0. The summed E-state index contributed by atoms with van der Waals surface area (Å²) in [7, 11) is 0. The van der Waals surface area contributed by atoms with Crippen LogP contribution in [0.2, 0.25) is 0 Å². The lowest BCUT2D eigenvalue weighted by molar-refractivity contribution is -0.132. The number of carbonyl (C=O) groups is 1. The van der Waals surface area contributed by atoms with E-state index in [9.17, 15) is 4.79 Å². The molecule has 0 bridgehead atoms. The Morgan fingerprint density at radius 3 is 2.32 bits per heavy atom. The number of hydrogen-bond donors (Lipinski definition) is 1. The predicted octanol–water partition coefficient (Wildman–Crippen LogP) is 1.21. The minimum atomic E-state index is 0. The van der Waals surface area contributed by atoms with Gasteiger partial charge in [0.1, 0.15) is 0 Å². The van der Waals surface area contributed by atoms with Gasteiger partial charge in [0, 0.05) is 52.2 Å². The Morgan fingerprint density at radius 1 is 1.16 bits per heavy atom. The van der Waals surface area contributed by atoms with Crippen LogP contribution in [0.4, 0.5) is 0 Å². The molecule has 5 heteroatoms. The van der Waals surface area contributed by atoms with E-state index in [1.807, 2.05) is 4.90 Å². The van der Waals surface area contributed by atoms with Crippen molar-refractivity contribution >= 4 is 18.3 Å². The molecule has 4 nitrogen and oxygen atoms in total. The van der Waals surface area contributed by atoms with E-state index in [2.05, 4.69) is 24.1 Å². The van der Waals surface area contributed by atoms with Gasteiger partial charge in [-0.2, -0.15) is 0 Å². The Kier molecular flexibility index (Phi) is 7.11. The highest BCUT2D eigenvalue weighted by Crippen LogP contribution is 2.20. The van der Waals surface area contributed by atoms with E-state index < -0.39 is 0 Å². The number of piperazine rings is 1. The van der Waals surface area contributed by atoms with Crippen molar-refractivity contribution in [3.63, 3.8) is 0 Å². The number of carbonyl (C=O) groups excluding carboxylic acids is 1. The van der Waals surface area contributed by atoms with Gasteiger partial charge in [-0.25, -0.2) is 0 Å². The van der Waals surface area contributed by atoms with Crippen LogP contribution in [-0.2, 0) is 4.79 Å². The van der Waals surface area contributed by atoms with Crippen LogP contribution in [-0.4, -0.2) is 61.5 Å². The summed E-state index contributed by atoms with van der Waals surface area (Å²) in [5, 5.41) is 3.28. The zero-order valence-corrected chi connectivity index (χ0v) is 13.0. The average molecular weight is 290 g/mol. The fourth-order valence-corrected chi connectivity index (χ4v) is 3.30. The van der Waals surface area contributed by atoms with E-state index in [0.29, 0.717) is 12.3 Å². The van der Waals surface area contributed by atoms with E-state index in [1.165, 1.54) is 19.5 Å². The van der Waals surface area contributed by atoms with Gasteiger partial charge < -0.3 is 15.1 Å². The fourth-order valence-electron chi connectivity index (χ4n) is 3.30. The first-order chi connectivity index (χ1) is 8.65. The molecule has 0 radical (unpaired) electrons. The molecule has 0 aromatic carbocycles. The molecule has 2 aliphatic rings. The third kappa shape index (κ3) is 5.28. The summed E-state index contributed by atoms with van der Waals surface area (Å²) in [6.07, 6.45) is 2.03. The van der Waals surface area contributed by atoms with Gasteiger partial charge in [0.05, 0.1) is 0 Å². The summed E-state index contributed by atoms with van der Waals surface area (Å²) in [5.41, 5.74) is 0. The molecule has 0 saturated carbocycles. The molecule has 1 amide bonds. The van der Waals surface area contributed by atoms with Gasteiger partial charge in [-0.3, -0.25) is 4.79 Å². The Balaban J connectivity index is 0.00000180. The second-order valence-corrected chi connectivity index (χ2v) is 6.09. The van der Waals surface area contributed by atoms with Crippen LogP contribution in [0.1, 0.15) is 26.7 Å². The van der Waals surface area contributed by atoms with Gasteiger partial charge in [-0.1, -0.05) is 13.8 Å². The van der Waals surface area contributed by atoms with Gasteiger partial charge >= 0.3 is 0 Å². The second kappa shape index (κ2) is 8.08. The first kappa shape index (κ1) is 16.7. The lowest BCUT2D eigenvalue weighted by Gasteiger charge is -2.35. The highest BCUT2D eigenvalue weighted by molar-refractivity contribution is 5.85. The molecule has 1 N–H and O–H groups in total. The maximum Gasteiger partial charge on any atom is 0.223 e. The first-order valence-electron chi connectivity index (χ1n) is 7.36. The summed E-state index contributed by atoms with van der Waals surface area (Å²) in [4.78, 5) is 16.6. The topological polar surface area (TPSA) is 35.6 Å². The van der Waals surface area contributed by atoms with Gasteiger partial charge in [-0.15, -0.1) is 12.4 Å². The summed E-state index contributed by atoms with van der Waals surface area (Å²) in [6, 6.07) is 0. The van der Waals surface area contributed by atoms with Crippen molar-refractivity contribution in [1.29, 1.82) is 0 Å². The number of nitrogens with one attached hydrogen (secondary N) is 1. The first-order valence-corrected chi connectivity index (χ1v) is 7.36. The lowest BCUT2D eigenvalue weighted by Crippen LogP contribution is -2.47. The number of halogens is 1. The molecule has 0 spiro atoms. The fraction of sp³-hybridized carbons (Fsp3) is 0.929. The highest BCUT2D eigenvalue weighted by Gasteiger charge is 2.23. The maximum absolute atomic E-state index is 12.1. The Bertz CT molecular complexity index is 272. The van der Waals surface area contributed by atoms with Crippen molar-refractivity contribution in [1.82, 2.24) is 15.1 Å². The highest BCUT2D eigenvalue weighted by atomic mass is 35.5. The number of nitrogens with zero attached hydrogens (tertiary/aromatic N) is 2. The standard InChI is InChI=1S/C14H27N3O.ClH/c1-12-9-13(2)11-16(10-12)6-3-14(18)17-7-4-15-5-8-17;/h12-13,15H,3-11H2,1-2H3;1H. The number of piperidine rings is 1. The largest absolute Gasteiger partial charge is 0.340 e. The SMILES string of the molecule is CC1CC(C)CN(CCC(=O)N2CCNCC2)C1.Cl. The van der Waals surface area contributed by atoms with Crippen molar-refractivity contribution < 1.29 is 4.79 Å². The molecule has 112 valence electrons.